The molecular formula is C28H29ClN3O4P. The zero-order chi connectivity index (χ0) is 26.3. The maximum Gasteiger partial charge on any atom is 0.361 e. The van der Waals surface area contributed by atoms with Gasteiger partial charge in [-0.05, 0) is 81.8 Å². The molecule has 0 saturated heterocycles. The predicted molar refractivity (Wildman–Crippen MR) is 149 cm³/mol. The Morgan fingerprint density at radius 2 is 1.73 bits per heavy atom. The molecule has 0 unspecified atom stereocenters. The van der Waals surface area contributed by atoms with Crippen molar-refractivity contribution in [2.45, 2.75) is 39.9 Å². The van der Waals surface area contributed by atoms with Gasteiger partial charge >= 0.3 is 7.60 Å². The van der Waals surface area contributed by atoms with Crippen LogP contribution in [0.1, 0.15) is 27.7 Å². The van der Waals surface area contributed by atoms with E-state index in [-0.39, 0.29) is 12.2 Å². The number of ether oxygens (including phenoxy) is 1. The first-order valence-corrected chi connectivity index (χ1v) is 14.0. The van der Waals surface area contributed by atoms with E-state index < -0.39 is 7.60 Å². The number of aromatic nitrogens is 3. The minimum absolute atomic E-state index is 0.272. The largest absolute Gasteiger partial charge is 0.426 e. The van der Waals surface area contributed by atoms with Crippen LogP contribution >= 0.6 is 19.2 Å². The summed E-state index contributed by atoms with van der Waals surface area (Å²) in [5, 5.41) is 2.17. The summed E-state index contributed by atoms with van der Waals surface area (Å²) in [5.41, 5.74) is 4.52. The summed E-state index contributed by atoms with van der Waals surface area (Å²) in [7, 11) is -1.51. The van der Waals surface area contributed by atoms with Crippen LogP contribution in [-0.4, -0.2) is 26.7 Å². The molecule has 37 heavy (non-hydrogen) atoms. The highest BCUT2D eigenvalue weighted by Gasteiger charge is 2.31. The van der Waals surface area contributed by atoms with Crippen LogP contribution in [0.5, 0.6) is 11.8 Å². The van der Waals surface area contributed by atoms with Gasteiger partial charge in [-0.3, -0.25) is 4.57 Å². The van der Waals surface area contributed by atoms with Gasteiger partial charge in [0, 0.05) is 29.7 Å². The Bertz CT molecular complexity index is 1630. The number of hydrogen-bond donors (Lipinski definition) is 1. The van der Waals surface area contributed by atoms with E-state index in [0.717, 1.165) is 33.1 Å². The molecule has 2 aromatic heterocycles. The lowest BCUT2D eigenvalue weighted by Gasteiger charge is -2.23. The lowest BCUT2D eigenvalue weighted by atomic mass is 10.0. The number of hydrogen-bond acceptors (Lipinski definition) is 5. The van der Waals surface area contributed by atoms with Gasteiger partial charge < -0.3 is 23.3 Å². The molecule has 0 atom stereocenters. The number of nitrogens with one attached hydrogen (secondary N) is 1. The number of benzene rings is 3. The van der Waals surface area contributed by atoms with Crippen molar-refractivity contribution >= 4 is 46.4 Å². The summed E-state index contributed by atoms with van der Waals surface area (Å²) >= 11 is 6.66. The average Bonchev–Trinajstić information content (AvgIpc) is 3.39. The van der Waals surface area contributed by atoms with E-state index in [1.165, 1.54) is 0 Å². The number of halogens is 1. The smallest absolute Gasteiger partial charge is 0.361 e. The molecular weight excluding hydrogens is 509 g/mol. The van der Waals surface area contributed by atoms with E-state index in [4.69, 9.17) is 25.4 Å². The van der Waals surface area contributed by atoms with Gasteiger partial charge in [-0.25, -0.2) is 0 Å². The predicted octanol–water partition coefficient (Wildman–Crippen LogP) is 7.84. The summed E-state index contributed by atoms with van der Waals surface area (Å²) in [6.07, 6.45) is 1.49. The van der Waals surface area contributed by atoms with Crippen molar-refractivity contribution in [1.29, 1.82) is 0 Å². The van der Waals surface area contributed by atoms with Crippen molar-refractivity contribution in [1.82, 2.24) is 14.5 Å². The molecule has 2 heterocycles. The first-order valence-electron chi connectivity index (χ1n) is 12.1. The molecule has 3 aromatic carbocycles. The van der Waals surface area contributed by atoms with E-state index in [9.17, 15) is 4.57 Å². The molecule has 192 valence electrons. The third kappa shape index (κ3) is 5.32. The monoisotopic (exact) mass is 537 g/mol. The zero-order valence-corrected chi connectivity index (χ0v) is 23.0. The van der Waals surface area contributed by atoms with Crippen LogP contribution in [0.25, 0.3) is 33.1 Å². The fourth-order valence-electron chi connectivity index (χ4n) is 4.26. The van der Waals surface area contributed by atoms with E-state index in [2.05, 4.69) is 38.8 Å². The topological polar surface area (TPSA) is 78.4 Å². The quantitative estimate of drug-likeness (QED) is 0.204. The maximum atomic E-state index is 13.5. The van der Waals surface area contributed by atoms with Crippen molar-refractivity contribution in [3.63, 3.8) is 0 Å². The standard InChI is InChI=1S/C28H29ClN3O4P/c1-17(2)35-37(33,36-18(3)4)22-8-6-7-21(14-22)34-28-30-25-15-23(24(29)16-26(25)31-28)19-9-10-27-20(13-19)11-12-32(27)5/h6-18H,1-5H3,(H,30,31). The molecule has 1 N–H and O–H groups in total. The average molecular weight is 538 g/mol. The molecule has 0 fully saturated rings. The van der Waals surface area contributed by atoms with Gasteiger partial charge in [-0.1, -0.05) is 23.7 Å². The lowest BCUT2D eigenvalue weighted by Crippen LogP contribution is -2.16. The number of fused-ring (bicyclic) bond motifs is 2. The number of rotatable bonds is 8. The number of nitrogens with zero attached hydrogens (tertiary/aromatic N) is 2. The molecule has 0 radical (unpaired) electrons. The minimum atomic E-state index is -3.54. The molecule has 0 bridgehead atoms. The Morgan fingerprint density at radius 1 is 0.973 bits per heavy atom. The Kier molecular flexibility index (Phi) is 6.90. The molecule has 0 aliphatic rings. The summed E-state index contributed by atoms with van der Waals surface area (Å²) in [4.78, 5) is 7.78. The van der Waals surface area contributed by atoms with Gasteiger partial charge in [0.2, 0.25) is 0 Å². The molecule has 5 rings (SSSR count). The molecule has 0 aliphatic carbocycles. The molecule has 0 saturated carbocycles. The lowest BCUT2D eigenvalue weighted by molar-refractivity contribution is 0.150. The SMILES string of the molecule is CC(C)OP(=O)(OC(C)C)c1cccc(Oc2nc3cc(-c4ccc5c(ccn5C)c4)c(Cl)cc3[nH]2)c1. The molecule has 0 amide bonds. The molecule has 5 aromatic rings. The van der Waals surface area contributed by atoms with Gasteiger partial charge in [0.25, 0.3) is 6.01 Å². The third-order valence-electron chi connectivity index (χ3n) is 5.79. The second-order valence-electron chi connectivity index (χ2n) is 9.50. The van der Waals surface area contributed by atoms with Gasteiger partial charge in [0.1, 0.15) is 5.75 Å². The van der Waals surface area contributed by atoms with E-state index >= 15 is 0 Å². The van der Waals surface area contributed by atoms with Gasteiger partial charge in [-0.2, -0.15) is 4.98 Å². The highest BCUT2D eigenvalue weighted by Crippen LogP contribution is 2.50. The summed E-state index contributed by atoms with van der Waals surface area (Å²) in [6.45, 7) is 7.29. The van der Waals surface area contributed by atoms with Crippen molar-refractivity contribution in [2.75, 3.05) is 0 Å². The van der Waals surface area contributed by atoms with Crippen LogP contribution in [0.3, 0.4) is 0 Å². The number of aromatic amines is 1. The Balaban J connectivity index is 1.45. The molecule has 0 spiro atoms. The summed E-state index contributed by atoms with van der Waals surface area (Å²) in [5.74, 6) is 0.456. The minimum Gasteiger partial charge on any atom is -0.426 e. The Hall–Kier alpha value is -3.09. The van der Waals surface area contributed by atoms with Gasteiger partial charge in [0.05, 0.1) is 33.6 Å². The van der Waals surface area contributed by atoms with Crippen molar-refractivity contribution in [3.8, 4) is 22.9 Å². The summed E-state index contributed by atoms with van der Waals surface area (Å²) < 4.78 is 33.1. The Labute approximate surface area is 220 Å². The normalized spacial score (nSPS) is 12.3. The molecule has 0 aliphatic heterocycles. The first kappa shape index (κ1) is 25.6. The molecule has 7 nitrogen and oxygen atoms in total. The van der Waals surface area contributed by atoms with E-state index in [0.29, 0.717) is 22.1 Å². The number of H-pyrrole nitrogens is 1. The van der Waals surface area contributed by atoms with Gasteiger partial charge in [-0.15, -0.1) is 0 Å². The Morgan fingerprint density at radius 3 is 2.46 bits per heavy atom. The fraction of sp³-hybridized carbons (Fsp3) is 0.250. The third-order valence-corrected chi connectivity index (χ3v) is 8.41. The maximum absolute atomic E-state index is 13.5. The van der Waals surface area contributed by atoms with Crippen molar-refractivity contribution in [2.24, 2.45) is 7.05 Å². The van der Waals surface area contributed by atoms with Crippen LogP contribution in [0, 0.1) is 0 Å². The van der Waals surface area contributed by atoms with Crippen LogP contribution in [0.4, 0.5) is 0 Å². The molecule has 9 heteroatoms. The van der Waals surface area contributed by atoms with Crippen LogP contribution in [0.15, 0.2) is 66.9 Å². The number of imidazole rings is 1. The van der Waals surface area contributed by atoms with Crippen LogP contribution < -0.4 is 10.0 Å². The van der Waals surface area contributed by atoms with Crippen LogP contribution in [-0.2, 0) is 20.7 Å². The summed E-state index contributed by atoms with van der Waals surface area (Å²) in [6, 6.07) is 19.3. The number of aryl methyl sites for hydroxylation is 1. The first-order chi connectivity index (χ1) is 17.6. The highest BCUT2D eigenvalue weighted by atomic mass is 35.5. The van der Waals surface area contributed by atoms with Crippen LogP contribution in [0.2, 0.25) is 5.02 Å². The second-order valence-corrected chi connectivity index (χ2v) is 11.8. The van der Waals surface area contributed by atoms with Gasteiger partial charge in [0.15, 0.2) is 0 Å². The van der Waals surface area contributed by atoms with Crippen molar-refractivity contribution < 1.29 is 18.3 Å². The zero-order valence-electron chi connectivity index (χ0n) is 21.4. The fourth-order valence-corrected chi connectivity index (χ4v) is 6.49. The van der Waals surface area contributed by atoms with E-state index in [1.807, 2.05) is 53.1 Å². The second kappa shape index (κ2) is 9.99. The van der Waals surface area contributed by atoms with Crippen molar-refractivity contribution in [3.05, 3.63) is 71.9 Å². The van der Waals surface area contributed by atoms with E-state index in [1.54, 1.807) is 24.3 Å². The highest BCUT2D eigenvalue weighted by molar-refractivity contribution is 7.62.